The van der Waals surface area contributed by atoms with E-state index < -0.39 is 0 Å². The summed E-state index contributed by atoms with van der Waals surface area (Å²) in [6, 6.07) is 0. The van der Waals surface area contributed by atoms with Crippen LogP contribution in [0.5, 0.6) is 0 Å². The molecule has 0 aromatic rings. The lowest BCUT2D eigenvalue weighted by Gasteiger charge is -2.02. The number of hydrogen-bond donors (Lipinski definition) is 0. The summed E-state index contributed by atoms with van der Waals surface area (Å²) in [6.45, 7) is 8.10. The molecule has 13 heavy (non-hydrogen) atoms. The predicted octanol–water partition coefficient (Wildman–Crippen LogP) is 3.42. The molecule has 0 bridgehead atoms. The number of nitrogens with zero attached hydrogens (tertiary/aromatic N) is 1. The van der Waals surface area contributed by atoms with Crippen LogP contribution >= 0.6 is 0 Å². The summed E-state index contributed by atoms with van der Waals surface area (Å²) in [5, 5.41) is 0. The van der Waals surface area contributed by atoms with Crippen molar-refractivity contribution < 1.29 is 0 Å². The average molecular weight is 173 g/mol. The first-order chi connectivity index (χ1) is 6.24. The lowest BCUT2D eigenvalue weighted by molar-refractivity contribution is 1.09. The van der Waals surface area contributed by atoms with Crippen LogP contribution in [0.1, 0.15) is 20.3 Å². The Kier molecular flexibility index (Phi) is 3.44. The Morgan fingerprint density at radius 3 is 2.77 bits per heavy atom. The molecule has 0 fully saturated rings. The summed E-state index contributed by atoms with van der Waals surface area (Å²) in [4.78, 5) is 4.35. The second-order valence-electron chi connectivity index (χ2n) is 3.09. The van der Waals surface area contributed by atoms with Crippen molar-refractivity contribution in [2.75, 3.05) is 0 Å². The second kappa shape index (κ2) is 4.61. The summed E-state index contributed by atoms with van der Waals surface area (Å²) >= 11 is 0. The van der Waals surface area contributed by atoms with E-state index in [-0.39, 0.29) is 0 Å². The van der Waals surface area contributed by atoms with E-state index in [0.717, 1.165) is 17.7 Å². The van der Waals surface area contributed by atoms with E-state index in [1.165, 1.54) is 5.57 Å². The zero-order valence-electron chi connectivity index (χ0n) is 8.25. The van der Waals surface area contributed by atoms with Crippen molar-refractivity contribution in [2.24, 2.45) is 4.99 Å². The van der Waals surface area contributed by atoms with Crippen LogP contribution in [0.3, 0.4) is 0 Å². The Morgan fingerprint density at radius 1 is 1.46 bits per heavy atom. The molecule has 0 spiro atoms. The van der Waals surface area contributed by atoms with Crippen molar-refractivity contribution >= 4 is 5.71 Å². The van der Waals surface area contributed by atoms with Crippen LogP contribution in [0, 0.1) is 0 Å². The molecule has 1 rings (SSSR count). The second-order valence-corrected chi connectivity index (χ2v) is 3.09. The zero-order chi connectivity index (χ0) is 9.68. The third kappa shape index (κ3) is 2.86. The molecule has 1 aliphatic rings. The smallest absolute Gasteiger partial charge is 0.0695 e. The lowest BCUT2D eigenvalue weighted by Crippen LogP contribution is -1.97. The summed E-state index contributed by atoms with van der Waals surface area (Å²) in [5.74, 6) is 0. The topological polar surface area (TPSA) is 12.4 Å². The summed E-state index contributed by atoms with van der Waals surface area (Å²) in [6.07, 6.45) is 10.8. The SMILES string of the molecule is C=C1C=CC=CC1=N/C=C(\C)CC. The first-order valence-electron chi connectivity index (χ1n) is 4.51. The zero-order valence-corrected chi connectivity index (χ0v) is 8.25. The third-order valence-corrected chi connectivity index (χ3v) is 1.97. The molecule has 0 saturated carbocycles. The van der Waals surface area contributed by atoms with E-state index in [9.17, 15) is 0 Å². The van der Waals surface area contributed by atoms with Crippen LogP contribution < -0.4 is 0 Å². The van der Waals surface area contributed by atoms with Crippen molar-refractivity contribution in [3.05, 3.63) is 48.2 Å². The molecule has 0 aliphatic heterocycles. The first kappa shape index (κ1) is 9.72. The average Bonchev–Trinajstić information content (AvgIpc) is 2.16. The van der Waals surface area contributed by atoms with Crippen LogP contribution in [-0.2, 0) is 0 Å². The van der Waals surface area contributed by atoms with E-state index in [0.29, 0.717) is 0 Å². The summed E-state index contributed by atoms with van der Waals surface area (Å²) < 4.78 is 0. The van der Waals surface area contributed by atoms with Gasteiger partial charge in [-0.05, 0) is 25.0 Å². The largest absolute Gasteiger partial charge is 0.256 e. The van der Waals surface area contributed by atoms with E-state index in [4.69, 9.17) is 0 Å². The normalized spacial score (nSPS) is 20.0. The van der Waals surface area contributed by atoms with Gasteiger partial charge in [0.1, 0.15) is 0 Å². The maximum atomic E-state index is 4.35. The van der Waals surface area contributed by atoms with E-state index in [1.54, 1.807) is 0 Å². The maximum Gasteiger partial charge on any atom is 0.0695 e. The van der Waals surface area contributed by atoms with Crippen molar-refractivity contribution in [2.45, 2.75) is 20.3 Å². The Morgan fingerprint density at radius 2 is 2.15 bits per heavy atom. The molecule has 0 aromatic carbocycles. The molecule has 0 radical (unpaired) electrons. The van der Waals surface area contributed by atoms with Gasteiger partial charge >= 0.3 is 0 Å². The van der Waals surface area contributed by atoms with Gasteiger partial charge in [0, 0.05) is 6.20 Å². The van der Waals surface area contributed by atoms with Crippen LogP contribution in [0.25, 0.3) is 0 Å². The van der Waals surface area contributed by atoms with Gasteiger partial charge in [-0.15, -0.1) is 0 Å². The van der Waals surface area contributed by atoms with Gasteiger partial charge in [0.15, 0.2) is 0 Å². The Balaban J connectivity index is 2.77. The molecule has 0 saturated heterocycles. The predicted molar refractivity (Wildman–Crippen MR) is 58.9 cm³/mol. The molecule has 1 heteroatoms. The number of allylic oxidation sites excluding steroid dienone is 6. The maximum absolute atomic E-state index is 4.35. The van der Waals surface area contributed by atoms with Crippen molar-refractivity contribution in [1.29, 1.82) is 0 Å². The Bertz CT molecular complexity index is 314. The lowest BCUT2D eigenvalue weighted by atomic mass is 10.1. The molecule has 0 N–H and O–H groups in total. The fraction of sp³-hybridized carbons (Fsp3) is 0.250. The fourth-order valence-corrected chi connectivity index (χ4v) is 0.908. The van der Waals surface area contributed by atoms with Crippen molar-refractivity contribution in [3.63, 3.8) is 0 Å². The molecule has 0 aromatic heterocycles. The Hall–Kier alpha value is -1.37. The molecule has 1 nitrogen and oxygen atoms in total. The Labute approximate surface area is 79.9 Å². The number of rotatable bonds is 2. The molecule has 0 atom stereocenters. The molecule has 0 amide bonds. The van der Waals surface area contributed by atoms with Crippen LogP contribution in [-0.4, -0.2) is 5.71 Å². The minimum Gasteiger partial charge on any atom is -0.256 e. The quantitative estimate of drug-likeness (QED) is 0.606. The summed E-state index contributed by atoms with van der Waals surface area (Å²) in [7, 11) is 0. The highest BCUT2D eigenvalue weighted by Crippen LogP contribution is 2.07. The van der Waals surface area contributed by atoms with Gasteiger partial charge in [0.25, 0.3) is 0 Å². The highest BCUT2D eigenvalue weighted by molar-refractivity contribution is 6.11. The highest BCUT2D eigenvalue weighted by atomic mass is 14.7. The van der Waals surface area contributed by atoms with E-state index >= 15 is 0 Å². The molecule has 1 aliphatic carbocycles. The monoisotopic (exact) mass is 173 g/mol. The number of aliphatic imine (C=N–C) groups is 1. The van der Waals surface area contributed by atoms with Gasteiger partial charge in [-0.3, -0.25) is 4.99 Å². The number of hydrogen-bond acceptors (Lipinski definition) is 1. The van der Waals surface area contributed by atoms with Crippen LogP contribution in [0.4, 0.5) is 0 Å². The fourth-order valence-electron chi connectivity index (χ4n) is 0.908. The molecule has 0 unspecified atom stereocenters. The van der Waals surface area contributed by atoms with Gasteiger partial charge in [-0.25, -0.2) is 0 Å². The van der Waals surface area contributed by atoms with Crippen LogP contribution in [0.2, 0.25) is 0 Å². The molecular formula is C12H15N. The minimum absolute atomic E-state index is 0.954. The van der Waals surface area contributed by atoms with Gasteiger partial charge in [0.05, 0.1) is 5.71 Å². The van der Waals surface area contributed by atoms with E-state index in [1.807, 2.05) is 30.5 Å². The van der Waals surface area contributed by atoms with Gasteiger partial charge in [0.2, 0.25) is 0 Å². The van der Waals surface area contributed by atoms with Gasteiger partial charge in [-0.2, -0.15) is 0 Å². The first-order valence-corrected chi connectivity index (χ1v) is 4.51. The van der Waals surface area contributed by atoms with Gasteiger partial charge in [-0.1, -0.05) is 37.3 Å². The van der Waals surface area contributed by atoms with Crippen LogP contribution in [0.15, 0.2) is 53.2 Å². The van der Waals surface area contributed by atoms with Crippen molar-refractivity contribution in [1.82, 2.24) is 0 Å². The van der Waals surface area contributed by atoms with Crippen molar-refractivity contribution in [3.8, 4) is 0 Å². The molecular weight excluding hydrogens is 158 g/mol. The third-order valence-electron chi connectivity index (χ3n) is 1.97. The van der Waals surface area contributed by atoms with Gasteiger partial charge < -0.3 is 0 Å². The highest BCUT2D eigenvalue weighted by Gasteiger charge is 1.98. The molecule has 0 heterocycles. The standard InChI is InChI=1S/C12H15N/c1-4-10(2)9-13-12-8-6-5-7-11(12)3/h5-9H,3-4H2,1-2H3/b10-9+,13-12?. The van der Waals surface area contributed by atoms with E-state index in [2.05, 4.69) is 25.4 Å². The molecule has 68 valence electrons. The minimum atomic E-state index is 0.954. The summed E-state index contributed by atoms with van der Waals surface area (Å²) in [5.41, 5.74) is 3.21.